The molecule has 10 rings (SSSR count). The number of ether oxygens (including phenoxy) is 8. The number of hydrogen-bond acceptors (Lipinski definition) is 27. The predicted molar refractivity (Wildman–Crippen MR) is 383 cm³/mol. The fourth-order valence-electron chi connectivity index (χ4n) is 14.1. The molecule has 12 N–H and O–H groups in total. The summed E-state index contributed by atoms with van der Waals surface area (Å²) in [6, 6.07) is 14.4. The summed E-state index contributed by atoms with van der Waals surface area (Å²) in [5.74, 6) is -8.49. The molecule has 109 heavy (non-hydrogen) atoms. The Balaban J connectivity index is 0.0000137. The summed E-state index contributed by atoms with van der Waals surface area (Å²) in [6.45, 7) is 6.21. The molecule has 1 radical (unpaired) electrons. The summed E-state index contributed by atoms with van der Waals surface area (Å²) in [5, 5.41) is 115. The number of nitrogens with zero attached hydrogens (tertiary/aromatic N) is 6. The smallest absolute Gasteiger partial charge is 0.409 e. The normalized spacial score (nSPS) is 30.5. The van der Waals surface area contributed by atoms with Crippen LogP contribution in [0.1, 0.15) is 77.8 Å². The standard InChI is InChI=1S/C72H92ClN9O25S.Y/c1-35-15-14-20-50(101-9)71(99)30-48(104-69(98)76-71)36(2)65-70(5,107-65)51(28-55(89)80(7)44-26-39(25-35)27-47(100-8)56(44)73)105-66(94)37(3)79(6)53(87)22-24-108-34-52(86)74-23-21-54(88)81-31-40-16-10-11-17-41(40)59-57(42-18-12-13-19-43(42)81)77-78-82(59)32-46(85)60(90)64-58(75-38(4)83)45(84)29-72(106-64,68(96)97)102-33-49-61(91)62(92)63(93)67(95)103-49;/h10-20,26-27,36-37,45-46,48-51,58,60-65,67,84-85,90-93,95,99H,21-25,28-34H2,1-9H3,(H,74,86)(H,75,83)(H,76,98)(H,96,97);/b20-14+,35-15+;. The van der Waals surface area contributed by atoms with Crippen LogP contribution in [-0.4, -0.2) is 275 Å². The van der Waals surface area contributed by atoms with Gasteiger partial charge < -0.3 is 109 Å². The molecule has 0 aliphatic carbocycles. The minimum atomic E-state index is -2.87. The third-order valence-corrected chi connectivity index (χ3v) is 21.8. The minimum Gasteiger partial charge on any atom is -0.495 e. The van der Waals surface area contributed by atoms with Gasteiger partial charge >= 0.3 is 18.0 Å². The molecule has 6 amide bonds. The Morgan fingerprint density at radius 2 is 1.65 bits per heavy atom. The summed E-state index contributed by atoms with van der Waals surface area (Å²) in [7, 11) is 5.78. The summed E-state index contributed by atoms with van der Waals surface area (Å²) < 4.78 is 47.5. The van der Waals surface area contributed by atoms with E-state index in [2.05, 4.69) is 26.3 Å². The van der Waals surface area contributed by atoms with Gasteiger partial charge in [-0.2, -0.15) is 11.8 Å². The Morgan fingerprint density at radius 3 is 2.35 bits per heavy atom. The first-order valence-corrected chi connectivity index (χ1v) is 36.5. The van der Waals surface area contributed by atoms with Gasteiger partial charge in [0, 0.05) is 116 Å². The summed E-state index contributed by atoms with van der Waals surface area (Å²) in [6.07, 6.45) is -18.5. The number of halogens is 1. The van der Waals surface area contributed by atoms with Crippen LogP contribution < -0.4 is 30.5 Å². The Hall–Kier alpha value is -7.14. The Kier molecular flexibility index (Phi) is 28.5. The maximum Gasteiger partial charge on any atom is 0.409 e. The third-order valence-electron chi connectivity index (χ3n) is 20.5. The van der Waals surface area contributed by atoms with Crippen LogP contribution in [0.15, 0.2) is 84.5 Å². The Morgan fingerprint density at radius 1 is 0.945 bits per heavy atom. The molecule has 34 nitrogen and oxygen atoms in total. The summed E-state index contributed by atoms with van der Waals surface area (Å²) in [4.78, 5) is 113. The Bertz CT molecular complexity index is 4090. The number of carboxylic acids is 1. The maximum absolute atomic E-state index is 14.5. The molecule has 1 aromatic heterocycles. The average molecular weight is 1640 g/mol. The number of epoxide rings is 1. The van der Waals surface area contributed by atoms with Gasteiger partial charge in [-0.15, -0.1) is 5.10 Å². The van der Waals surface area contributed by atoms with Crippen molar-refractivity contribution in [3.8, 4) is 28.3 Å². The number of aliphatic hydroxyl groups excluding tert-OH is 7. The molecule has 7 heterocycles. The van der Waals surface area contributed by atoms with E-state index in [-0.39, 0.29) is 87.3 Å². The molecule has 3 aromatic carbocycles. The number of para-hydroxylation sites is 1. The second-order valence-corrected chi connectivity index (χ2v) is 29.5. The van der Waals surface area contributed by atoms with Gasteiger partial charge in [-0.1, -0.05) is 90.0 Å². The number of alkyl carbamates (subject to hydrolysis) is 1. The first-order valence-electron chi connectivity index (χ1n) is 35.0. The van der Waals surface area contributed by atoms with E-state index in [1.165, 1.54) is 54.6 Å². The van der Waals surface area contributed by atoms with Crippen molar-refractivity contribution >= 4 is 82.3 Å². The fourth-order valence-corrected chi connectivity index (χ4v) is 15.2. The molecule has 19 atom stereocenters. The largest absolute Gasteiger partial charge is 0.495 e. The van der Waals surface area contributed by atoms with E-state index in [1.54, 1.807) is 86.7 Å². The van der Waals surface area contributed by atoms with Crippen LogP contribution >= 0.6 is 23.4 Å². The van der Waals surface area contributed by atoms with Crippen molar-refractivity contribution in [2.75, 3.05) is 62.8 Å². The van der Waals surface area contributed by atoms with Crippen molar-refractivity contribution < 1.29 is 155 Å². The number of carbonyl (C=O) groups excluding carboxylic acids is 7. The van der Waals surface area contributed by atoms with Gasteiger partial charge in [-0.25, -0.2) is 19.1 Å². The number of methoxy groups -OCH3 is 2. The van der Waals surface area contributed by atoms with Crippen molar-refractivity contribution in [2.24, 2.45) is 5.92 Å². The molecule has 0 spiro atoms. The Labute approximate surface area is 661 Å². The van der Waals surface area contributed by atoms with E-state index in [0.29, 0.717) is 45.9 Å². The van der Waals surface area contributed by atoms with Crippen molar-refractivity contribution in [3.63, 3.8) is 0 Å². The first-order chi connectivity index (χ1) is 51.1. The number of fused-ring (bicyclic) bond motifs is 10. The fraction of sp³-hybridized carbons (Fsp3) is 0.556. The number of allylic oxidation sites excluding steroid dienone is 3. The second-order valence-electron chi connectivity index (χ2n) is 28.0. The van der Waals surface area contributed by atoms with Crippen LogP contribution in [0.2, 0.25) is 5.02 Å². The topological polar surface area (TPSA) is 472 Å². The number of nitrogens with one attached hydrogen (secondary N) is 3. The molecule has 19 unspecified atom stereocenters. The number of esters is 1. The zero-order valence-electron chi connectivity index (χ0n) is 61.3. The van der Waals surface area contributed by atoms with Crippen molar-refractivity contribution in [1.29, 1.82) is 0 Å². The van der Waals surface area contributed by atoms with Gasteiger partial charge in [0.2, 0.25) is 29.5 Å². The number of likely N-dealkylation sites (N-methyl/N-ethyl adjacent to an activating group) is 1. The van der Waals surface area contributed by atoms with Crippen LogP contribution in [0.3, 0.4) is 0 Å². The van der Waals surface area contributed by atoms with Crippen LogP contribution in [0.5, 0.6) is 5.75 Å². The molecule has 4 fully saturated rings. The van der Waals surface area contributed by atoms with E-state index in [0.717, 1.165) is 29.8 Å². The molecular weight excluding hydrogens is 1550 g/mol. The molecule has 4 aromatic rings. The summed E-state index contributed by atoms with van der Waals surface area (Å²) in [5.41, 5.74) is 1.04. The number of aliphatic hydroxyl groups is 8. The number of anilines is 2. The summed E-state index contributed by atoms with van der Waals surface area (Å²) >= 11 is 7.99. The SMILES string of the molecule is COc1cc2cc(c1Cl)N(C)C(=O)CC(OC(=O)C(C)N(C)C(=O)CCSCC(=O)NCCC(=O)N1Cc3ccccc3-c3c(nnn3CC(O)C(O)C3OC(OCC4OC(O)C(O)C(O)C4O)(C(=O)O)CC(O)C3NC(C)=O)-c3ccccc31)C1(C)OC1C(C)C1CC(O)(NC(=O)O1)C(OC)/C=C/C=C(\C)C2.[Y]. The number of rotatable bonds is 22. The van der Waals surface area contributed by atoms with Crippen LogP contribution in [0.4, 0.5) is 16.2 Å². The van der Waals surface area contributed by atoms with E-state index in [4.69, 9.17) is 49.5 Å². The molecule has 37 heteroatoms. The van der Waals surface area contributed by atoms with Gasteiger partial charge in [-0.05, 0) is 56.5 Å². The van der Waals surface area contributed by atoms with Gasteiger partial charge in [0.15, 0.2) is 12.0 Å². The second kappa shape index (κ2) is 36.1. The monoisotopic (exact) mass is 1640 g/mol. The van der Waals surface area contributed by atoms with E-state index in [9.17, 15) is 84.3 Å². The molecule has 591 valence electrons. The van der Waals surface area contributed by atoms with E-state index < -0.39 is 188 Å². The van der Waals surface area contributed by atoms with Gasteiger partial charge in [-0.3, -0.25) is 29.3 Å². The van der Waals surface area contributed by atoms with Gasteiger partial charge in [0.25, 0.3) is 5.79 Å². The molecule has 6 aliphatic heterocycles. The molecular formula is C72H92ClN9O25SY. The third kappa shape index (κ3) is 19.0. The minimum absolute atomic E-state index is 0. The van der Waals surface area contributed by atoms with E-state index in [1.807, 2.05) is 13.0 Å². The van der Waals surface area contributed by atoms with Gasteiger partial charge in [0.1, 0.15) is 89.1 Å². The van der Waals surface area contributed by atoms with E-state index >= 15 is 0 Å². The average Bonchev–Trinajstić information content (AvgIpc) is 1.57. The number of carbonyl (C=O) groups is 8. The number of hydrogen-bond donors (Lipinski definition) is 12. The van der Waals surface area contributed by atoms with Crippen molar-refractivity contribution in [2.45, 2.75) is 195 Å². The molecule has 0 saturated carbocycles. The van der Waals surface area contributed by atoms with Crippen LogP contribution in [-0.2, 0) is 119 Å². The van der Waals surface area contributed by atoms with Crippen LogP contribution in [0.25, 0.3) is 22.5 Å². The number of amides is 6. The molecule has 4 bridgehead atoms. The maximum atomic E-state index is 14.5. The van der Waals surface area contributed by atoms with Crippen molar-refractivity contribution in [1.82, 2.24) is 35.8 Å². The van der Waals surface area contributed by atoms with Gasteiger partial charge in [0.05, 0.1) is 74.3 Å². The first kappa shape index (κ1) is 85.9. The molecule has 4 saturated heterocycles. The number of aliphatic carboxylic acids is 1. The van der Waals surface area contributed by atoms with Crippen molar-refractivity contribution in [3.05, 3.63) is 101 Å². The quantitative estimate of drug-likeness (QED) is 0.0291. The zero-order valence-corrected chi connectivity index (χ0v) is 65.7. The number of benzene rings is 3. The number of carboxylic acid groups (broad SMARTS) is 1. The molecule has 6 aliphatic rings. The predicted octanol–water partition coefficient (Wildman–Crippen LogP) is 0.588. The number of thioether (sulfide) groups is 1. The zero-order chi connectivity index (χ0) is 78.6. The number of aromatic nitrogens is 3. The van der Waals surface area contributed by atoms with Crippen LogP contribution in [0, 0.1) is 5.92 Å².